The largest absolute Gasteiger partial charge is 0.547 e. The predicted molar refractivity (Wildman–Crippen MR) is 138 cm³/mol. The third-order valence-electron chi connectivity index (χ3n) is 6.45. The van der Waals surface area contributed by atoms with E-state index in [9.17, 15) is 38.5 Å². The molecule has 1 fully saturated rings. The van der Waals surface area contributed by atoms with Gasteiger partial charge in [0.05, 0.1) is 11.5 Å². The van der Waals surface area contributed by atoms with Gasteiger partial charge in [-0.15, -0.1) is 0 Å². The number of halogens is 2. The Bertz CT molecular complexity index is 1360. The Labute approximate surface area is 232 Å². The molecule has 0 saturated carbocycles. The summed E-state index contributed by atoms with van der Waals surface area (Å²) < 4.78 is 20.3. The van der Waals surface area contributed by atoms with Crippen LogP contribution in [0.3, 0.4) is 0 Å². The number of piperazine rings is 1. The van der Waals surface area contributed by atoms with Crippen LogP contribution in [0.1, 0.15) is 27.5 Å². The molecule has 16 heteroatoms. The molecule has 0 bridgehead atoms. The zero-order valence-corrected chi connectivity index (χ0v) is 21.6. The molecule has 2 aromatic carbocycles. The summed E-state index contributed by atoms with van der Waals surface area (Å²) in [5.41, 5.74) is 5.21. The first-order valence-corrected chi connectivity index (χ1v) is 12.5. The Morgan fingerprint density at radius 1 is 1.18 bits per heavy atom. The minimum Gasteiger partial charge on any atom is -0.534 e. The fourth-order valence-electron chi connectivity index (χ4n) is 4.48. The van der Waals surface area contributed by atoms with Crippen LogP contribution in [0, 0.1) is 5.82 Å². The molecule has 2 aromatic rings. The number of para-hydroxylation sites is 1. The summed E-state index contributed by atoms with van der Waals surface area (Å²) in [6.45, 7) is 0.0281. The van der Waals surface area contributed by atoms with Crippen molar-refractivity contribution in [1.29, 1.82) is 0 Å². The Morgan fingerprint density at radius 3 is 2.58 bits per heavy atom. The third-order valence-corrected chi connectivity index (χ3v) is 6.78. The van der Waals surface area contributed by atoms with Crippen molar-refractivity contribution in [1.82, 2.24) is 20.4 Å². The molecule has 5 amide bonds. The van der Waals surface area contributed by atoms with Gasteiger partial charge in [-0.05, 0) is 30.2 Å². The van der Waals surface area contributed by atoms with Gasteiger partial charge in [-0.2, -0.15) is 0 Å². The highest BCUT2D eigenvalue weighted by molar-refractivity contribution is 6.47. The number of rotatable bonds is 7. The molecule has 40 heavy (non-hydrogen) atoms. The van der Waals surface area contributed by atoms with Crippen LogP contribution >= 0.6 is 11.6 Å². The summed E-state index contributed by atoms with van der Waals surface area (Å²) in [6.07, 6.45) is -0.0644. The van der Waals surface area contributed by atoms with Gasteiger partial charge < -0.3 is 36.1 Å². The zero-order chi connectivity index (χ0) is 29.1. The van der Waals surface area contributed by atoms with Gasteiger partial charge in [-0.1, -0.05) is 29.8 Å². The van der Waals surface area contributed by atoms with Crippen molar-refractivity contribution in [2.75, 3.05) is 26.2 Å². The van der Waals surface area contributed by atoms with Crippen molar-refractivity contribution in [3.8, 4) is 5.75 Å². The molecular weight excluding hydrogens is 552 g/mol. The van der Waals surface area contributed by atoms with Crippen LogP contribution in [0.4, 0.5) is 9.18 Å². The maximum Gasteiger partial charge on any atom is 0.547 e. The number of carboxylic acid groups (broad SMARTS) is 1. The number of amides is 5. The molecule has 2 aliphatic rings. The second-order valence-corrected chi connectivity index (χ2v) is 9.39. The lowest BCUT2D eigenvalue weighted by Gasteiger charge is -2.34. The molecular formula is C24H24BClFN5O8. The van der Waals surface area contributed by atoms with E-state index >= 15 is 0 Å². The summed E-state index contributed by atoms with van der Waals surface area (Å²) in [5.74, 6) is -6.56. The van der Waals surface area contributed by atoms with Crippen LogP contribution in [-0.2, 0) is 20.8 Å². The van der Waals surface area contributed by atoms with Crippen molar-refractivity contribution in [2.45, 2.75) is 18.4 Å². The van der Waals surface area contributed by atoms with Crippen LogP contribution in [0.25, 0.3) is 0 Å². The number of carbonyl (C=O) groups excluding carboxylic acids is 4. The first-order valence-electron chi connectivity index (χ1n) is 12.1. The number of imide groups is 1. The third kappa shape index (κ3) is 5.71. The number of benzene rings is 2. The summed E-state index contributed by atoms with van der Waals surface area (Å²) in [7, 11) is -1.70. The van der Waals surface area contributed by atoms with Gasteiger partial charge in [0.25, 0.3) is 0 Å². The molecule has 4 rings (SSSR count). The Kier molecular flexibility index (Phi) is 8.56. The van der Waals surface area contributed by atoms with Crippen molar-refractivity contribution in [3.05, 3.63) is 63.9 Å². The molecule has 6 N–H and O–H groups in total. The molecule has 0 aliphatic carbocycles. The minimum absolute atomic E-state index is 0.00978. The van der Waals surface area contributed by atoms with Gasteiger partial charge in [0.15, 0.2) is 0 Å². The van der Waals surface area contributed by atoms with Crippen molar-refractivity contribution in [2.24, 2.45) is 5.73 Å². The fourth-order valence-corrected chi connectivity index (χ4v) is 4.75. The van der Waals surface area contributed by atoms with Crippen LogP contribution in [0.2, 0.25) is 5.02 Å². The minimum atomic E-state index is -1.80. The highest BCUT2D eigenvalue weighted by Crippen LogP contribution is 2.31. The van der Waals surface area contributed by atoms with E-state index in [0.717, 1.165) is 6.07 Å². The normalized spacial score (nSPS) is 17.6. The van der Waals surface area contributed by atoms with E-state index in [0.29, 0.717) is 10.5 Å². The topological polar surface area (TPSA) is 192 Å². The number of carbonyl (C=O) groups is 5. The van der Waals surface area contributed by atoms with Crippen LogP contribution in [-0.4, -0.2) is 88.9 Å². The van der Waals surface area contributed by atoms with Gasteiger partial charge >= 0.3 is 30.9 Å². The second kappa shape index (κ2) is 11.9. The van der Waals surface area contributed by atoms with Gasteiger partial charge in [-0.25, -0.2) is 14.0 Å². The molecule has 0 spiro atoms. The maximum atomic E-state index is 14.9. The average Bonchev–Trinajstić information content (AvgIpc) is 2.90. The first-order chi connectivity index (χ1) is 19.0. The van der Waals surface area contributed by atoms with E-state index in [4.69, 9.17) is 22.0 Å². The summed E-state index contributed by atoms with van der Waals surface area (Å²) in [4.78, 5) is 64.7. The van der Waals surface area contributed by atoms with Crippen molar-refractivity contribution in [3.63, 3.8) is 0 Å². The fraction of sp³-hybridized carbons (Fsp3) is 0.292. The molecule has 2 heterocycles. The van der Waals surface area contributed by atoms with Gasteiger partial charge in [0, 0.05) is 36.8 Å². The Balaban J connectivity index is 1.58. The molecule has 210 valence electrons. The van der Waals surface area contributed by atoms with Gasteiger partial charge in [-0.3, -0.25) is 19.3 Å². The number of aromatic carboxylic acids is 1. The first kappa shape index (κ1) is 28.8. The van der Waals surface area contributed by atoms with Gasteiger partial charge in [0.1, 0.15) is 17.6 Å². The maximum absolute atomic E-state index is 14.9. The average molecular weight is 576 g/mol. The number of hydrogen-bond donors (Lipinski definition) is 5. The second-order valence-electron chi connectivity index (χ2n) is 8.98. The molecule has 2 aliphatic heterocycles. The highest BCUT2D eigenvalue weighted by atomic mass is 35.5. The molecule has 0 radical (unpaired) electrons. The van der Waals surface area contributed by atoms with E-state index in [2.05, 4.69) is 10.6 Å². The van der Waals surface area contributed by atoms with Crippen molar-refractivity contribution < 1.29 is 43.1 Å². The Morgan fingerprint density at radius 2 is 1.90 bits per heavy atom. The highest BCUT2D eigenvalue weighted by Gasteiger charge is 2.41. The van der Waals surface area contributed by atoms with E-state index in [1.807, 2.05) is 0 Å². The molecule has 1 saturated heterocycles. The summed E-state index contributed by atoms with van der Waals surface area (Å²) >= 11 is 6.17. The quantitative estimate of drug-likeness (QED) is 0.218. The number of nitrogens with two attached hydrogens (primary N) is 1. The molecule has 1 unspecified atom stereocenters. The monoisotopic (exact) mass is 575 g/mol. The van der Waals surface area contributed by atoms with E-state index in [-0.39, 0.29) is 48.9 Å². The smallest absolute Gasteiger partial charge is 0.534 e. The van der Waals surface area contributed by atoms with Crippen LogP contribution in [0.5, 0.6) is 5.75 Å². The lowest BCUT2D eigenvalue weighted by atomic mass is 9.72. The summed E-state index contributed by atoms with van der Waals surface area (Å²) in [6, 6.07) is 4.94. The van der Waals surface area contributed by atoms with E-state index in [1.54, 1.807) is 6.07 Å². The standard InChI is InChI=1S/C24H24BClFN5O8/c26-14-5-2-6-15(27)17(14)18(30-24(38)32-10-9-31(8-7-28)21(34)22(32)35)20(33)29-16-11-12-3-1-4-13(23(36)37)19(12)40-25(16)39/h1-6,16,18,39H,7-11,28H2,(H,29,33)(H,30,38)(H,36,37)/t16-,18?/m0/s1. The SMILES string of the molecule is NCCN1CCN(C(=O)NC(C(=O)N[C@H]2Cc3cccc(C(=O)O)c3OB2O)c2c(F)cccc2Cl)C(=O)C1=O. The van der Waals surface area contributed by atoms with E-state index in [1.165, 1.54) is 29.2 Å². The lowest BCUT2D eigenvalue weighted by molar-refractivity contribution is -0.153. The van der Waals surface area contributed by atoms with Gasteiger partial charge in [0.2, 0.25) is 5.91 Å². The zero-order valence-electron chi connectivity index (χ0n) is 20.8. The number of nitrogens with one attached hydrogen (secondary N) is 2. The number of hydrogen-bond acceptors (Lipinski definition) is 8. The molecule has 13 nitrogen and oxygen atoms in total. The van der Waals surface area contributed by atoms with E-state index < -0.39 is 60.2 Å². The summed E-state index contributed by atoms with van der Waals surface area (Å²) in [5, 5.41) is 24.4. The predicted octanol–water partition coefficient (Wildman–Crippen LogP) is -0.303. The molecule has 0 aromatic heterocycles. The van der Waals surface area contributed by atoms with Crippen molar-refractivity contribution >= 4 is 48.4 Å². The number of carboxylic acids is 1. The molecule has 2 atom stereocenters. The number of nitrogens with zero attached hydrogens (tertiary/aromatic N) is 2. The number of urea groups is 1. The van der Waals surface area contributed by atoms with Crippen LogP contribution in [0.15, 0.2) is 36.4 Å². The Hall–Kier alpha value is -4.21. The van der Waals surface area contributed by atoms with Crippen LogP contribution < -0.4 is 21.0 Å². The number of fused-ring (bicyclic) bond motifs is 1. The lowest BCUT2D eigenvalue weighted by Crippen LogP contribution is -2.60.